The molecule has 2 aromatic rings. The van der Waals surface area contributed by atoms with E-state index >= 15 is 0 Å². The summed E-state index contributed by atoms with van der Waals surface area (Å²) in [5, 5.41) is 40.0. The van der Waals surface area contributed by atoms with Crippen LogP contribution in [0.25, 0.3) is 0 Å². The molecule has 0 aliphatic heterocycles. The number of unbranched alkanes of at least 4 members (excludes halogenated alkanes) is 18. The van der Waals surface area contributed by atoms with Gasteiger partial charge in [0, 0.05) is 11.9 Å². The van der Waals surface area contributed by atoms with E-state index in [4.69, 9.17) is 9.47 Å². The van der Waals surface area contributed by atoms with Crippen LogP contribution in [-0.4, -0.2) is 95.4 Å². The molecule has 2 rings (SSSR count). The van der Waals surface area contributed by atoms with Crippen molar-refractivity contribution in [2.75, 3.05) is 0 Å². The van der Waals surface area contributed by atoms with E-state index in [0.717, 1.165) is 38.5 Å². The van der Waals surface area contributed by atoms with Crippen LogP contribution in [0.4, 0.5) is 0 Å². The number of benzene rings is 2. The smallest absolute Gasteiger partial charge is 0.550 e. The summed E-state index contributed by atoms with van der Waals surface area (Å²) in [5.74, 6) is -2.15. The van der Waals surface area contributed by atoms with E-state index in [1.807, 2.05) is 12.1 Å². The molecule has 332 valence electrons. The molecule has 2 N–H and O–H groups in total. The predicted octanol–water partition coefficient (Wildman–Crippen LogP) is 9.95. The first-order valence-electron chi connectivity index (χ1n) is 23.2. The zero-order valence-corrected chi connectivity index (χ0v) is 41.8. The van der Waals surface area contributed by atoms with Crippen LogP contribution in [-0.2, 0) is 32.3 Å². The molecule has 0 saturated carbocycles. The Morgan fingerprint density at radius 3 is 0.966 bits per heavy atom. The van der Waals surface area contributed by atoms with Crippen LogP contribution in [0.1, 0.15) is 205 Å². The van der Waals surface area contributed by atoms with Crippen molar-refractivity contribution >= 4 is 60.8 Å². The van der Waals surface area contributed by atoms with Crippen molar-refractivity contribution in [1.82, 2.24) is 0 Å². The SMILES string of the molecule is CC(CCCCCCCCCCCCC(O)CCC(=O)[O-])OCc1ccccc1.CC(CCCCCCCCCCCCC(O)CCC(=O)[O-])OCc1ccccc1.[Ba+2]. The minimum atomic E-state index is -1.07. The molecule has 2 aromatic carbocycles. The van der Waals surface area contributed by atoms with Crippen LogP contribution in [0.3, 0.4) is 0 Å². The van der Waals surface area contributed by atoms with Gasteiger partial charge in [-0.3, -0.25) is 0 Å². The van der Waals surface area contributed by atoms with E-state index in [1.54, 1.807) is 0 Å². The number of aliphatic carboxylic acids is 2. The summed E-state index contributed by atoms with van der Waals surface area (Å²) in [7, 11) is 0. The minimum Gasteiger partial charge on any atom is -0.550 e. The number of rotatable bonds is 38. The summed E-state index contributed by atoms with van der Waals surface area (Å²) in [5.41, 5.74) is 2.48. The standard InChI is InChI=1S/2C25H42O4.Ba/c2*1-22(29-21-23-16-12-10-13-17-23)15-11-8-6-4-2-3-5-7-9-14-18-24(26)19-20-25(27)28;/h2*10,12-13,16-17,22,24,26H,2-9,11,14-15,18-21H2,1H3,(H,27,28);/q;;+2/p-2. The second-order valence-corrected chi connectivity index (χ2v) is 16.6. The maximum absolute atomic E-state index is 10.3. The van der Waals surface area contributed by atoms with Crippen molar-refractivity contribution in [2.24, 2.45) is 0 Å². The molecule has 0 spiro atoms. The molecule has 59 heavy (non-hydrogen) atoms. The number of carbonyl (C=O) groups excluding carboxylic acids is 2. The summed E-state index contributed by atoms with van der Waals surface area (Å²) in [6.07, 6.45) is 28.7. The van der Waals surface area contributed by atoms with Crippen LogP contribution in [0.15, 0.2) is 60.7 Å². The molecule has 8 nitrogen and oxygen atoms in total. The van der Waals surface area contributed by atoms with Gasteiger partial charge in [-0.25, -0.2) is 0 Å². The number of hydrogen-bond donors (Lipinski definition) is 2. The molecule has 0 bridgehead atoms. The van der Waals surface area contributed by atoms with E-state index in [-0.39, 0.29) is 61.7 Å². The van der Waals surface area contributed by atoms with E-state index < -0.39 is 24.1 Å². The van der Waals surface area contributed by atoms with Gasteiger partial charge in [0.1, 0.15) is 0 Å². The first-order chi connectivity index (χ1) is 28.2. The monoisotopic (exact) mass is 949 g/mol. The average molecular weight is 949 g/mol. The molecule has 0 saturated heterocycles. The third-order valence-electron chi connectivity index (χ3n) is 10.9. The first-order valence-corrected chi connectivity index (χ1v) is 23.2. The van der Waals surface area contributed by atoms with Gasteiger partial charge in [-0.05, 0) is 76.3 Å². The molecule has 0 amide bonds. The maximum Gasteiger partial charge on any atom is 2.00 e. The summed E-state index contributed by atoms with van der Waals surface area (Å²) in [6.45, 7) is 5.76. The number of carbonyl (C=O) groups is 2. The molecule has 0 heterocycles. The van der Waals surface area contributed by atoms with Crippen molar-refractivity contribution in [3.63, 3.8) is 0 Å². The number of ether oxygens (including phenoxy) is 2. The molecular weight excluding hydrogens is 866 g/mol. The molecule has 0 aliphatic carbocycles. The van der Waals surface area contributed by atoms with Crippen LogP contribution in [0.5, 0.6) is 0 Å². The molecule has 0 radical (unpaired) electrons. The van der Waals surface area contributed by atoms with E-state index in [1.165, 1.54) is 114 Å². The second kappa shape index (κ2) is 42.1. The number of carboxylic acid groups (broad SMARTS) is 2. The van der Waals surface area contributed by atoms with Gasteiger partial charge in [-0.15, -0.1) is 0 Å². The van der Waals surface area contributed by atoms with E-state index in [0.29, 0.717) is 51.1 Å². The Bertz CT molecular complexity index is 1110. The average Bonchev–Trinajstić information content (AvgIpc) is 3.22. The maximum atomic E-state index is 10.3. The molecule has 9 heteroatoms. The fourth-order valence-corrected chi connectivity index (χ4v) is 7.10. The van der Waals surface area contributed by atoms with Crippen LogP contribution in [0.2, 0.25) is 0 Å². The molecule has 4 atom stereocenters. The fourth-order valence-electron chi connectivity index (χ4n) is 7.10. The summed E-state index contributed by atoms with van der Waals surface area (Å²) >= 11 is 0. The summed E-state index contributed by atoms with van der Waals surface area (Å²) in [6, 6.07) is 20.7. The molecule has 0 fully saturated rings. The predicted molar refractivity (Wildman–Crippen MR) is 238 cm³/mol. The number of aliphatic hydroxyl groups excluding tert-OH is 2. The normalized spacial score (nSPS) is 13.1. The van der Waals surface area contributed by atoms with Gasteiger partial charge in [0.05, 0.1) is 37.6 Å². The minimum absolute atomic E-state index is 0. The first kappa shape index (κ1) is 57.8. The Kier molecular flexibility index (Phi) is 41.2. The van der Waals surface area contributed by atoms with Crippen LogP contribution < -0.4 is 10.2 Å². The summed E-state index contributed by atoms with van der Waals surface area (Å²) in [4.78, 5) is 20.7. The van der Waals surface area contributed by atoms with Crippen LogP contribution >= 0.6 is 0 Å². The Morgan fingerprint density at radius 2 is 0.695 bits per heavy atom. The van der Waals surface area contributed by atoms with Crippen molar-refractivity contribution in [3.8, 4) is 0 Å². The van der Waals surface area contributed by atoms with Gasteiger partial charge >= 0.3 is 48.9 Å². The number of aliphatic hydroxyl groups is 2. The quantitative estimate of drug-likeness (QED) is 0.0501. The van der Waals surface area contributed by atoms with Crippen LogP contribution in [0, 0.1) is 0 Å². The zero-order chi connectivity index (χ0) is 42.3. The van der Waals surface area contributed by atoms with Crippen molar-refractivity contribution < 1.29 is 39.5 Å². The summed E-state index contributed by atoms with van der Waals surface area (Å²) < 4.78 is 11.8. The molecule has 0 aromatic heterocycles. The van der Waals surface area contributed by atoms with Gasteiger partial charge in [0.2, 0.25) is 0 Å². The molecule has 0 aliphatic rings. The van der Waals surface area contributed by atoms with Gasteiger partial charge in [-0.1, -0.05) is 189 Å². The third-order valence-corrected chi connectivity index (χ3v) is 10.9. The van der Waals surface area contributed by atoms with Gasteiger partial charge in [-0.2, -0.15) is 0 Å². The van der Waals surface area contributed by atoms with Gasteiger partial charge < -0.3 is 39.5 Å². The number of carboxylic acids is 2. The van der Waals surface area contributed by atoms with E-state index in [2.05, 4.69) is 62.4 Å². The Hall–Kier alpha value is -1.21. The second-order valence-electron chi connectivity index (χ2n) is 16.6. The number of hydrogen-bond acceptors (Lipinski definition) is 8. The topological polar surface area (TPSA) is 139 Å². The molecular formula is C50H82BaO8. The van der Waals surface area contributed by atoms with Gasteiger partial charge in [0.15, 0.2) is 0 Å². The van der Waals surface area contributed by atoms with Crippen molar-refractivity contribution in [1.29, 1.82) is 0 Å². The Labute approximate surface area is 400 Å². The Morgan fingerprint density at radius 1 is 0.441 bits per heavy atom. The van der Waals surface area contributed by atoms with Crippen molar-refractivity contribution in [2.45, 2.75) is 231 Å². The largest absolute Gasteiger partial charge is 2.00 e. The fraction of sp³-hybridized carbons (Fsp3) is 0.720. The zero-order valence-electron chi connectivity index (χ0n) is 37.3. The third kappa shape index (κ3) is 40.6. The van der Waals surface area contributed by atoms with E-state index in [9.17, 15) is 30.0 Å². The Balaban J connectivity index is 0.00000112. The van der Waals surface area contributed by atoms with Gasteiger partial charge in [0.25, 0.3) is 0 Å². The van der Waals surface area contributed by atoms with Crippen molar-refractivity contribution in [3.05, 3.63) is 71.8 Å². The molecule has 4 unspecified atom stereocenters.